The Labute approximate surface area is 135 Å². The minimum Gasteiger partial charge on any atom is -0.348 e. The number of nitrogens with zero attached hydrogens (tertiary/aromatic N) is 3. The second-order valence-electron chi connectivity index (χ2n) is 6.14. The van der Waals surface area contributed by atoms with Crippen LogP contribution < -0.4 is 5.32 Å². The molecule has 1 atom stereocenters. The fourth-order valence-corrected chi connectivity index (χ4v) is 3.14. The molecule has 5 heteroatoms. The van der Waals surface area contributed by atoms with E-state index in [2.05, 4.69) is 16.5 Å². The van der Waals surface area contributed by atoms with Crippen molar-refractivity contribution in [3.8, 4) is 11.8 Å². The van der Waals surface area contributed by atoms with Gasteiger partial charge in [-0.3, -0.25) is 4.79 Å². The Hall–Kier alpha value is -2.61. The fourth-order valence-electron chi connectivity index (χ4n) is 3.14. The monoisotopic (exact) mass is 308 g/mol. The molecule has 5 nitrogen and oxygen atoms in total. The normalized spacial score (nSPS) is 17.4. The summed E-state index contributed by atoms with van der Waals surface area (Å²) < 4.78 is 1.78. The molecule has 1 aliphatic carbocycles. The van der Waals surface area contributed by atoms with Crippen LogP contribution in [0.5, 0.6) is 0 Å². The average Bonchev–Trinajstić information content (AvgIpc) is 3.27. The second kappa shape index (κ2) is 6.25. The van der Waals surface area contributed by atoms with Crippen LogP contribution in [0.3, 0.4) is 0 Å². The van der Waals surface area contributed by atoms with Crippen molar-refractivity contribution in [3.05, 3.63) is 48.3 Å². The van der Waals surface area contributed by atoms with Gasteiger partial charge in [0, 0.05) is 12.4 Å². The van der Waals surface area contributed by atoms with E-state index in [1.54, 1.807) is 10.9 Å². The maximum Gasteiger partial charge on any atom is 0.240 e. The smallest absolute Gasteiger partial charge is 0.240 e. The van der Waals surface area contributed by atoms with E-state index in [4.69, 9.17) is 0 Å². The molecule has 0 bridgehead atoms. The third-order valence-corrected chi connectivity index (χ3v) is 4.59. The topological polar surface area (TPSA) is 70.7 Å². The van der Waals surface area contributed by atoms with Crippen molar-refractivity contribution >= 4 is 5.91 Å². The molecule has 118 valence electrons. The van der Waals surface area contributed by atoms with Crippen molar-refractivity contribution in [2.75, 3.05) is 0 Å². The third-order valence-electron chi connectivity index (χ3n) is 4.59. The van der Waals surface area contributed by atoms with Crippen LogP contribution in [0.25, 0.3) is 5.69 Å². The predicted octanol–water partition coefficient (Wildman–Crippen LogP) is 3.13. The second-order valence-corrected chi connectivity index (χ2v) is 6.14. The Balaban J connectivity index is 1.76. The Kier molecular flexibility index (Phi) is 4.16. The molecule has 1 saturated carbocycles. The number of hydrogen-bond donors (Lipinski definition) is 1. The van der Waals surface area contributed by atoms with E-state index < -0.39 is 5.41 Å². The molecule has 1 fully saturated rings. The molecule has 0 spiro atoms. The maximum absolute atomic E-state index is 12.5. The van der Waals surface area contributed by atoms with Crippen LogP contribution in [0.15, 0.2) is 42.7 Å². The molecule has 1 amide bonds. The first-order valence-electron chi connectivity index (χ1n) is 7.97. The molecule has 0 saturated heterocycles. The van der Waals surface area contributed by atoms with Crippen LogP contribution in [0, 0.1) is 16.7 Å². The number of aromatic nitrogens is 2. The van der Waals surface area contributed by atoms with Crippen LogP contribution >= 0.6 is 0 Å². The number of rotatable bonds is 4. The number of nitrogens with one attached hydrogen (secondary N) is 1. The summed E-state index contributed by atoms with van der Waals surface area (Å²) in [5, 5.41) is 16.6. The average molecular weight is 308 g/mol. The van der Waals surface area contributed by atoms with Gasteiger partial charge < -0.3 is 5.32 Å². The van der Waals surface area contributed by atoms with Gasteiger partial charge in [0.2, 0.25) is 5.91 Å². The molecular weight excluding hydrogens is 288 g/mol. The lowest BCUT2D eigenvalue weighted by molar-refractivity contribution is -0.128. The van der Waals surface area contributed by atoms with Crippen LogP contribution in [-0.2, 0) is 4.79 Å². The quantitative estimate of drug-likeness (QED) is 0.943. The highest BCUT2D eigenvalue weighted by molar-refractivity contribution is 5.86. The lowest BCUT2D eigenvalue weighted by atomic mass is 9.86. The molecule has 23 heavy (non-hydrogen) atoms. The third kappa shape index (κ3) is 2.98. The Morgan fingerprint density at radius 2 is 2.17 bits per heavy atom. The highest BCUT2D eigenvalue weighted by Gasteiger charge is 2.41. The summed E-state index contributed by atoms with van der Waals surface area (Å²) in [5.74, 6) is -0.144. The Bertz CT molecular complexity index is 724. The first kappa shape index (κ1) is 15.3. The molecule has 1 unspecified atom stereocenters. The van der Waals surface area contributed by atoms with Gasteiger partial charge in [-0.25, -0.2) is 4.68 Å². The predicted molar refractivity (Wildman–Crippen MR) is 86.6 cm³/mol. The lowest BCUT2D eigenvalue weighted by Crippen LogP contribution is -2.39. The van der Waals surface area contributed by atoms with Crippen LogP contribution in [-0.4, -0.2) is 15.7 Å². The zero-order valence-electron chi connectivity index (χ0n) is 13.2. The van der Waals surface area contributed by atoms with Crippen molar-refractivity contribution in [2.45, 2.75) is 38.6 Å². The van der Waals surface area contributed by atoms with E-state index in [1.165, 1.54) is 0 Å². The number of carbonyl (C=O) groups is 1. The first-order chi connectivity index (χ1) is 11.1. The number of nitriles is 1. The molecule has 1 aliphatic rings. The molecule has 2 aromatic rings. The van der Waals surface area contributed by atoms with Crippen molar-refractivity contribution in [3.63, 3.8) is 0 Å². The summed E-state index contributed by atoms with van der Waals surface area (Å²) in [7, 11) is 0. The minimum absolute atomic E-state index is 0.144. The van der Waals surface area contributed by atoms with Crippen molar-refractivity contribution < 1.29 is 4.79 Å². The summed E-state index contributed by atoms with van der Waals surface area (Å²) in [4.78, 5) is 12.5. The zero-order chi connectivity index (χ0) is 16.3. The maximum atomic E-state index is 12.5. The summed E-state index contributed by atoms with van der Waals surface area (Å²) in [5.41, 5.74) is 1.11. The van der Waals surface area contributed by atoms with E-state index in [0.29, 0.717) is 12.8 Å². The molecule has 1 heterocycles. The Morgan fingerprint density at radius 3 is 2.83 bits per heavy atom. The van der Waals surface area contributed by atoms with Gasteiger partial charge in [0.15, 0.2) is 0 Å². The first-order valence-corrected chi connectivity index (χ1v) is 7.97. The van der Waals surface area contributed by atoms with E-state index >= 15 is 0 Å². The highest BCUT2D eigenvalue weighted by atomic mass is 16.2. The molecule has 3 rings (SSSR count). The lowest BCUT2D eigenvalue weighted by Gasteiger charge is -2.23. The van der Waals surface area contributed by atoms with Gasteiger partial charge in [0.25, 0.3) is 0 Å². The van der Waals surface area contributed by atoms with E-state index in [-0.39, 0.29) is 11.9 Å². The minimum atomic E-state index is -0.839. The summed E-state index contributed by atoms with van der Waals surface area (Å²) in [6, 6.07) is 11.9. The van der Waals surface area contributed by atoms with Gasteiger partial charge >= 0.3 is 0 Å². The van der Waals surface area contributed by atoms with Crippen molar-refractivity contribution in [1.82, 2.24) is 15.1 Å². The molecule has 0 aliphatic heterocycles. The number of hydrogen-bond acceptors (Lipinski definition) is 3. The summed E-state index contributed by atoms with van der Waals surface area (Å²) in [6.45, 7) is 1.94. The SMILES string of the molecule is CC(NC(=O)C1(C#N)CCCC1)c1cccc(-n2cccn2)c1. The van der Waals surface area contributed by atoms with Crippen LogP contribution in [0.2, 0.25) is 0 Å². The Morgan fingerprint density at radius 1 is 1.39 bits per heavy atom. The highest BCUT2D eigenvalue weighted by Crippen LogP contribution is 2.38. The van der Waals surface area contributed by atoms with Crippen LogP contribution in [0.4, 0.5) is 0 Å². The molecule has 1 N–H and O–H groups in total. The molecular formula is C18H20N4O. The van der Waals surface area contributed by atoms with Gasteiger partial charge in [0.05, 0.1) is 17.8 Å². The largest absolute Gasteiger partial charge is 0.348 e. The van der Waals surface area contributed by atoms with E-state index in [9.17, 15) is 10.1 Å². The van der Waals surface area contributed by atoms with Crippen LogP contribution in [0.1, 0.15) is 44.2 Å². The van der Waals surface area contributed by atoms with Gasteiger partial charge in [-0.2, -0.15) is 10.4 Å². The molecule has 1 aromatic heterocycles. The number of carbonyl (C=O) groups excluding carboxylic acids is 1. The fraction of sp³-hybridized carbons (Fsp3) is 0.389. The van der Waals surface area contributed by atoms with E-state index in [0.717, 1.165) is 24.1 Å². The standard InChI is InChI=1S/C18H20N4O/c1-14(21-17(23)18(13-19)8-2-3-9-18)15-6-4-7-16(12-15)22-11-5-10-20-22/h4-7,10-12,14H,2-3,8-9H2,1H3,(H,21,23). The zero-order valence-corrected chi connectivity index (χ0v) is 13.2. The summed E-state index contributed by atoms with van der Waals surface area (Å²) in [6.07, 6.45) is 6.83. The van der Waals surface area contributed by atoms with Gasteiger partial charge in [0.1, 0.15) is 5.41 Å². The number of benzene rings is 1. The van der Waals surface area contributed by atoms with Crippen molar-refractivity contribution in [1.29, 1.82) is 5.26 Å². The van der Waals surface area contributed by atoms with Gasteiger partial charge in [-0.1, -0.05) is 25.0 Å². The molecule has 1 aromatic carbocycles. The van der Waals surface area contributed by atoms with Gasteiger partial charge in [-0.15, -0.1) is 0 Å². The summed E-state index contributed by atoms with van der Waals surface area (Å²) >= 11 is 0. The van der Waals surface area contributed by atoms with Gasteiger partial charge in [-0.05, 0) is 43.5 Å². The molecule has 0 radical (unpaired) electrons. The van der Waals surface area contributed by atoms with Crippen molar-refractivity contribution in [2.24, 2.45) is 5.41 Å². The van der Waals surface area contributed by atoms with E-state index in [1.807, 2.05) is 43.5 Å². The number of amides is 1.